The van der Waals surface area contributed by atoms with E-state index in [0.717, 1.165) is 25.9 Å². The van der Waals surface area contributed by atoms with E-state index in [0.29, 0.717) is 12.6 Å². The largest absolute Gasteiger partial charge is 0.293 e. The van der Waals surface area contributed by atoms with Crippen LogP contribution in [0, 0.1) is 0 Å². The number of benzene rings is 1. The van der Waals surface area contributed by atoms with Crippen molar-refractivity contribution in [2.45, 2.75) is 31.5 Å². The highest BCUT2D eigenvalue weighted by Crippen LogP contribution is 2.31. The summed E-state index contributed by atoms with van der Waals surface area (Å²) in [5.41, 5.74) is 1.31. The smallest absolute Gasteiger partial charge is 0.211 e. The van der Waals surface area contributed by atoms with E-state index in [9.17, 15) is 8.42 Å². The Labute approximate surface area is 115 Å². The normalized spacial score (nSPS) is 28.7. The van der Waals surface area contributed by atoms with Gasteiger partial charge in [-0.2, -0.15) is 4.31 Å². The van der Waals surface area contributed by atoms with Gasteiger partial charge in [-0.05, 0) is 18.4 Å². The van der Waals surface area contributed by atoms with Crippen molar-refractivity contribution in [3.8, 4) is 0 Å². The molecule has 0 spiro atoms. The molecule has 1 aromatic carbocycles. The first-order valence-electron chi connectivity index (χ1n) is 6.79. The zero-order valence-corrected chi connectivity index (χ0v) is 12.0. The lowest BCUT2D eigenvalue weighted by Crippen LogP contribution is -2.63. The van der Waals surface area contributed by atoms with Gasteiger partial charge >= 0.3 is 0 Å². The topological polar surface area (TPSA) is 40.6 Å². The van der Waals surface area contributed by atoms with Crippen LogP contribution in [0.4, 0.5) is 0 Å². The van der Waals surface area contributed by atoms with Crippen molar-refractivity contribution in [3.05, 3.63) is 35.9 Å². The molecule has 104 valence electrons. The number of rotatable bonds is 3. The summed E-state index contributed by atoms with van der Waals surface area (Å²) in [6.45, 7) is 2.46. The summed E-state index contributed by atoms with van der Waals surface area (Å²) in [5, 5.41) is 0. The molecule has 3 aliphatic rings. The molecule has 5 heteroatoms. The second-order valence-corrected chi connectivity index (χ2v) is 7.57. The lowest BCUT2D eigenvalue weighted by Gasteiger charge is -2.50. The number of piperidine rings is 2. The second-order valence-electron chi connectivity index (χ2n) is 5.63. The van der Waals surface area contributed by atoms with Crippen LogP contribution in [0.15, 0.2) is 30.3 Å². The van der Waals surface area contributed by atoms with Crippen LogP contribution >= 0.6 is 0 Å². The molecule has 0 saturated carbocycles. The highest BCUT2D eigenvalue weighted by atomic mass is 32.2. The Morgan fingerprint density at radius 2 is 1.79 bits per heavy atom. The molecule has 4 nitrogen and oxygen atoms in total. The molecule has 2 atom stereocenters. The summed E-state index contributed by atoms with van der Waals surface area (Å²) in [6, 6.07) is 11.0. The highest BCUT2D eigenvalue weighted by Gasteiger charge is 2.42. The Balaban J connectivity index is 1.72. The highest BCUT2D eigenvalue weighted by molar-refractivity contribution is 7.88. The number of fused-ring (bicyclic) bond motifs is 3. The average Bonchev–Trinajstić information content (AvgIpc) is 2.39. The number of hydrogen-bond donors (Lipinski definition) is 0. The molecule has 3 heterocycles. The van der Waals surface area contributed by atoms with Crippen molar-refractivity contribution in [3.63, 3.8) is 0 Å². The molecular weight excluding hydrogens is 260 g/mol. The van der Waals surface area contributed by atoms with Gasteiger partial charge in [0.1, 0.15) is 0 Å². The molecule has 19 heavy (non-hydrogen) atoms. The lowest BCUT2D eigenvalue weighted by molar-refractivity contribution is 0.0184. The lowest BCUT2D eigenvalue weighted by atomic mass is 9.92. The minimum absolute atomic E-state index is 0.170. The van der Waals surface area contributed by atoms with Gasteiger partial charge in [0.05, 0.1) is 6.26 Å². The first kappa shape index (κ1) is 13.1. The second kappa shape index (κ2) is 4.89. The maximum atomic E-state index is 11.7. The van der Waals surface area contributed by atoms with Crippen LogP contribution in [0.1, 0.15) is 18.4 Å². The van der Waals surface area contributed by atoms with Gasteiger partial charge in [-0.25, -0.2) is 8.42 Å². The average molecular weight is 280 g/mol. The minimum atomic E-state index is -3.05. The minimum Gasteiger partial charge on any atom is -0.293 e. The van der Waals surface area contributed by atoms with Crippen LogP contribution < -0.4 is 0 Å². The van der Waals surface area contributed by atoms with Gasteiger partial charge < -0.3 is 0 Å². The number of nitrogens with zero attached hydrogens (tertiary/aromatic N) is 2. The van der Waals surface area contributed by atoms with Crippen molar-refractivity contribution >= 4 is 10.0 Å². The fraction of sp³-hybridized carbons (Fsp3) is 0.571. The summed E-state index contributed by atoms with van der Waals surface area (Å²) in [5.74, 6) is 0. The molecule has 2 bridgehead atoms. The van der Waals surface area contributed by atoms with E-state index in [2.05, 4.69) is 29.2 Å². The number of sulfonamides is 1. The zero-order chi connectivity index (χ0) is 13.5. The first-order valence-corrected chi connectivity index (χ1v) is 8.63. The summed E-state index contributed by atoms with van der Waals surface area (Å²) in [7, 11) is -3.05. The predicted molar refractivity (Wildman–Crippen MR) is 75.2 cm³/mol. The van der Waals surface area contributed by atoms with Crippen molar-refractivity contribution in [2.75, 3.05) is 19.3 Å². The Morgan fingerprint density at radius 1 is 1.11 bits per heavy atom. The molecule has 0 amide bonds. The molecule has 4 rings (SSSR count). The number of hydrogen-bond acceptors (Lipinski definition) is 3. The fourth-order valence-electron chi connectivity index (χ4n) is 3.29. The van der Waals surface area contributed by atoms with E-state index in [1.807, 2.05) is 6.07 Å². The van der Waals surface area contributed by atoms with E-state index >= 15 is 0 Å². The van der Waals surface area contributed by atoms with Crippen molar-refractivity contribution in [1.82, 2.24) is 9.21 Å². The van der Waals surface area contributed by atoms with Crippen LogP contribution in [-0.4, -0.2) is 49.1 Å². The first-order chi connectivity index (χ1) is 9.04. The Kier molecular flexibility index (Phi) is 3.37. The molecule has 3 saturated heterocycles. The van der Waals surface area contributed by atoms with Crippen LogP contribution in [0.5, 0.6) is 0 Å². The van der Waals surface area contributed by atoms with Crippen molar-refractivity contribution in [1.29, 1.82) is 0 Å². The quantitative estimate of drug-likeness (QED) is 0.838. The molecule has 3 fully saturated rings. The standard InChI is InChI=1S/C14H20N2O2S/c1-19(17,18)16-11-13-7-8-14(16)10-15(13)9-12-5-3-2-4-6-12/h2-6,13-14H,7-11H2,1H3. The van der Waals surface area contributed by atoms with Crippen LogP contribution in [0.25, 0.3) is 0 Å². The van der Waals surface area contributed by atoms with Gasteiger partial charge in [0.25, 0.3) is 0 Å². The fourth-order valence-corrected chi connectivity index (χ4v) is 4.45. The Hall–Kier alpha value is -0.910. The summed E-state index contributed by atoms with van der Waals surface area (Å²) in [4.78, 5) is 2.44. The third-order valence-electron chi connectivity index (χ3n) is 4.25. The van der Waals surface area contributed by atoms with E-state index in [-0.39, 0.29) is 6.04 Å². The monoisotopic (exact) mass is 280 g/mol. The molecule has 0 radical (unpaired) electrons. The van der Waals surface area contributed by atoms with E-state index in [1.54, 1.807) is 4.31 Å². The van der Waals surface area contributed by atoms with E-state index < -0.39 is 10.0 Å². The maximum absolute atomic E-state index is 11.7. The maximum Gasteiger partial charge on any atom is 0.211 e. The Morgan fingerprint density at radius 3 is 2.37 bits per heavy atom. The van der Waals surface area contributed by atoms with Crippen LogP contribution in [0.3, 0.4) is 0 Å². The third kappa shape index (κ3) is 2.68. The van der Waals surface area contributed by atoms with Gasteiger partial charge in [0.2, 0.25) is 10.0 Å². The van der Waals surface area contributed by atoms with Gasteiger partial charge in [0.15, 0.2) is 0 Å². The van der Waals surface area contributed by atoms with Gasteiger partial charge in [-0.15, -0.1) is 0 Å². The van der Waals surface area contributed by atoms with Gasteiger partial charge in [-0.1, -0.05) is 30.3 Å². The van der Waals surface area contributed by atoms with Gasteiger partial charge in [0, 0.05) is 31.7 Å². The van der Waals surface area contributed by atoms with Gasteiger partial charge in [-0.3, -0.25) is 4.90 Å². The molecule has 3 aliphatic heterocycles. The SMILES string of the molecule is CS(=O)(=O)N1CC2CCC1CN2Cc1ccccc1. The molecule has 1 aromatic rings. The summed E-state index contributed by atoms with van der Waals surface area (Å²) >= 11 is 0. The predicted octanol–water partition coefficient (Wildman–Crippen LogP) is 1.29. The molecule has 0 aliphatic carbocycles. The molecule has 0 aromatic heterocycles. The van der Waals surface area contributed by atoms with E-state index in [1.165, 1.54) is 11.8 Å². The third-order valence-corrected chi connectivity index (χ3v) is 5.55. The van der Waals surface area contributed by atoms with E-state index in [4.69, 9.17) is 0 Å². The van der Waals surface area contributed by atoms with Crippen LogP contribution in [0.2, 0.25) is 0 Å². The van der Waals surface area contributed by atoms with Crippen molar-refractivity contribution < 1.29 is 8.42 Å². The van der Waals surface area contributed by atoms with Crippen molar-refractivity contribution in [2.24, 2.45) is 0 Å². The number of piperazine rings is 1. The molecule has 0 N–H and O–H groups in total. The summed E-state index contributed by atoms with van der Waals surface area (Å²) in [6.07, 6.45) is 3.45. The van der Waals surface area contributed by atoms with Crippen LogP contribution in [-0.2, 0) is 16.6 Å². The summed E-state index contributed by atoms with van der Waals surface area (Å²) < 4.78 is 25.2. The molecule has 2 unspecified atom stereocenters. The Bertz CT molecular complexity index is 544. The molecular formula is C14H20N2O2S. The zero-order valence-electron chi connectivity index (χ0n) is 11.2.